The maximum atomic E-state index is 12.6. The molecule has 0 saturated heterocycles. The van der Waals surface area contributed by atoms with E-state index in [2.05, 4.69) is 26.0 Å². The molecule has 0 aromatic carbocycles. The van der Waals surface area contributed by atoms with Crippen LogP contribution in [-0.2, 0) is 32.7 Å². The minimum atomic E-state index is -4.61. The third-order valence-corrected chi connectivity index (χ3v) is 10.9. The number of phosphoric ester groups is 1. The predicted molar refractivity (Wildman–Crippen MR) is 224 cm³/mol. The highest BCUT2D eigenvalue weighted by Gasteiger charge is 2.27. The summed E-state index contributed by atoms with van der Waals surface area (Å²) in [7, 11) is -4.61. The molecule has 0 rings (SSSR count). The van der Waals surface area contributed by atoms with Crippen LogP contribution in [0.25, 0.3) is 0 Å². The van der Waals surface area contributed by atoms with Crippen molar-refractivity contribution < 1.29 is 47.8 Å². The molecule has 0 aliphatic carbocycles. The first kappa shape index (κ1) is 53.7. The van der Waals surface area contributed by atoms with E-state index in [-0.39, 0.29) is 19.4 Å². The molecule has 0 radical (unpaired) electrons. The predicted octanol–water partition coefficient (Wildman–Crippen LogP) is 12.0. The van der Waals surface area contributed by atoms with Crippen molar-refractivity contribution in [2.45, 2.75) is 232 Å². The number of ether oxygens (including phenoxy) is 2. The first-order chi connectivity index (χ1) is 26.7. The lowest BCUT2D eigenvalue weighted by atomic mass is 10.0. The fourth-order valence-electron chi connectivity index (χ4n) is 6.40. The summed E-state index contributed by atoms with van der Waals surface area (Å²) in [5.74, 6) is -0.923. The molecule has 0 heterocycles. The SMILES string of the molecule is CCCCCC/C=C\CCCCCCCC(=O)O[C@H](COC(=O)CCCCCCCCCCCCCCCCCCCCC)COP(=O)(O)OC[C@@H](O)CO. The molecule has 0 bridgehead atoms. The quantitative estimate of drug-likeness (QED) is 0.0235. The molecule has 0 fully saturated rings. The Bertz CT molecular complexity index is 930. The number of carbonyl (C=O) groups is 2. The lowest BCUT2D eigenvalue weighted by molar-refractivity contribution is -0.161. The Balaban J connectivity index is 4.20. The van der Waals surface area contributed by atoms with E-state index in [1.54, 1.807) is 0 Å². The fourth-order valence-corrected chi connectivity index (χ4v) is 7.19. The Kier molecular flexibility index (Phi) is 39.9. The topological polar surface area (TPSA) is 149 Å². The second-order valence-electron chi connectivity index (χ2n) is 15.4. The van der Waals surface area contributed by atoms with E-state index in [1.807, 2.05) is 0 Å². The minimum Gasteiger partial charge on any atom is -0.462 e. The van der Waals surface area contributed by atoms with Gasteiger partial charge in [0.1, 0.15) is 12.7 Å². The van der Waals surface area contributed by atoms with Crippen LogP contribution in [0, 0.1) is 0 Å². The zero-order valence-electron chi connectivity index (χ0n) is 35.4. The van der Waals surface area contributed by atoms with Gasteiger partial charge in [0.05, 0.1) is 19.8 Å². The molecule has 326 valence electrons. The van der Waals surface area contributed by atoms with Gasteiger partial charge in [0.15, 0.2) is 6.10 Å². The van der Waals surface area contributed by atoms with Crippen molar-refractivity contribution in [3.63, 3.8) is 0 Å². The summed E-state index contributed by atoms with van der Waals surface area (Å²) >= 11 is 0. The van der Waals surface area contributed by atoms with Crippen LogP contribution in [-0.4, -0.2) is 65.7 Å². The number of aliphatic hydroxyl groups is 2. The summed E-state index contributed by atoms with van der Waals surface area (Å²) in [6, 6.07) is 0. The smallest absolute Gasteiger partial charge is 0.462 e. The number of unbranched alkanes of at least 4 members (excludes halogenated alkanes) is 27. The number of esters is 2. The number of hydrogen-bond donors (Lipinski definition) is 3. The van der Waals surface area contributed by atoms with Gasteiger partial charge in [-0.15, -0.1) is 0 Å². The molecule has 3 atom stereocenters. The Morgan fingerprint density at radius 3 is 1.33 bits per heavy atom. The minimum absolute atomic E-state index is 0.178. The van der Waals surface area contributed by atoms with Crippen molar-refractivity contribution in [2.75, 3.05) is 26.4 Å². The summed E-state index contributed by atoms with van der Waals surface area (Å²) in [5, 5.41) is 18.3. The van der Waals surface area contributed by atoms with Crippen molar-refractivity contribution in [1.82, 2.24) is 0 Å². The lowest BCUT2D eigenvalue weighted by Crippen LogP contribution is -2.29. The largest absolute Gasteiger partial charge is 0.472 e. The molecule has 0 saturated carbocycles. The Morgan fingerprint density at radius 1 is 0.527 bits per heavy atom. The first-order valence-corrected chi connectivity index (χ1v) is 24.1. The van der Waals surface area contributed by atoms with Gasteiger partial charge >= 0.3 is 19.8 Å². The summed E-state index contributed by atoms with van der Waals surface area (Å²) in [6.07, 6.45) is 38.9. The third kappa shape index (κ3) is 40.7. The van der Waals surface area contributed by atoms with Crippen LogP contribution in [0.4, 0.5) is 0 Å². The van der Waals surface area contributed by atoms with E-state index in [9.17, 15) is 24.2 Å². The lowest BCUT2D eigenvalue weighted by Gasteiger charge is -2.20. The Hall–Kier alpha value is -1.29. The maximum absolute atomic E-state index is 12.6. The van der Waals surface area contributed by atoms with E-state index in [0.717, 1.165) is 57.8 Å². The number of phosphoric acid groups is 1. The van der Waals surface area contributed by atoms with Crippen LogP contribution in [0.2, 0.25) is 0 Å². The summed E-state index contributed by atoms with van der Waals surface area (Å²) in [6.45, 7) is 2.39. The van der Waals surface area contributed by atoms with Crippen molar-refractivity contribution in [3.05, 3.63) is 12.2 Å². The zero-order chi connectivity index (χ0) is 40.5. The van der Waals surface area contributed by atoms with Crippen molar-refractivity contribution >= 4 is 19.8 Å². The number of allylic oxidation sites excluding steroid dienone is 2. The molecule has 0 aromatic heterocycles. The number of aliphatic hydroxyl groups excluding tert-OH is 2. The average Bonchev–Trinajstić information content (AvgIpc) is 3.17. The van der Waals surface area contributed by atoms with Gasteiger partial charge in [-0.3, -0.25) is 18.6 Å². The molecular formula is C44H85O10P. The molecule has 0 aromatic rings. The van der Waals surface area contributed by atoms with Crippen LogP contribution < -0.4 is 0 Å². The molecule has 0 aliphatic rings. The van der Waals surface area contributed by atoms with Crippen LogP contribution in [0.15, 0.2) is 12.2 Å². The van der Waals surface area contributed by atoms with Crippen LogP contribution in [0.3, 0.4) is 0 Å². The van der Waals surface area contributed by atoms with Gasteiger partial charge in [-0.1, -0.05) is 180 Å². The first-order valence-electron chi connectivity index (χ1n) is 22.6. The fraction of sp³-hybridized carbons (Fsp3) is 0.909. The third-order valence-electron chi connectivity index (χ3n) is 9.92. The molecule has 10 nitrogen and oxygen atoms in total. The van der Waals surface area contributed by atoms with Crippen molar-refractivity contribution in [2.24, 2.45) is 0 Å². The molecule has 0 amide bonds. The Morgan fingerprint density at radius 2 is 0.891 bits per heavy atom. The molecule has 55 heavy (non-hydrogen) atoms. The number of hydrogen-bond acceptors (Lipinski definition) is 9. The van der Waals surface area contributed by atoms with E-state index in [0.29, 0.717) is 12.8 Å². The van der Waals surface area contributed by atoms with Gasteiger partial charge < -0.3 is 24.6 Å². The van der Waals surface area contributed by atoms with Crippen molar-refractivity contribution in [1.29, 1.82) is 0 Å². The highest BCUT2D eigenvalue weighted by molar-refractivity contribution is 7.47. The normalized spacial score (nSPS) is 13.9. The number of rotatable bonds is 43. The van der Waals surface area contributed by atoms with E-state index in [4.69, 9.17) is 23.6 Å². The van der Waals surface area contributed by atoms with Gasteiger partial charge in [-0.05, 0) is 38.5 Å². The maximum Gasteiger partial charge on any atom is 0.472 e. The summed E-state index contributed by atoms with van der Waals surface area (Å²) in [5.41, 5.74) is 0. The Labute approximate surface area is 336 Å². The summed E-state index contributed by atoms with van der Waals surface area (Å²) < 4.78 is 32.7. The van der Waals surface area contributed by atoms with Gasteiger partial charge in [0.2, 0.25) is 0 Å². The van der Waals surface area contributed by atoms with Crippen LogP contribution in [0.5, 0.6) is 0 Å². The average molecular weight is 805 g/mol. The standard InChI is InChI=1S/C44H85O10P/c1-3-5-7-9-11-13-15-17-18-19-20-21-22-24-25-27-29-31-33-35-43(47)51-39-42(40-53-55(49,50)52-38-41(46)37-45)54-44(48)36-34-32-30-28-26-23-16-14-12-10-8-6-4-2/h14,16,41-42,45-46H,3-13,15,17-40H2,1-2H3,(H,49,50)/b16-14-/t41-,42+/m0/s1. The zero-order valence-corrected chi connectivity index (χ0v) is 36.3. The second-order valence-corrected chi connectivity index (χ2v) is 16.9. The molecule has 0 aliphatic heterocycles. The van der Waals surface area contributed by atoms with Gasteiger partial charge in [-0.25, -0.2) is 4.57 Å². The molecular weight excluding hydrogens is 719 g/mol. The van der Waals surface area contributed by atoms with Gasteiger partial charge in [0, 0.05) is 12.8 Å². The highest BCUT2D eigenvalue weighted by Crippen LogP contribution is 2.43. The monoisotopic (exact) mass is 805 g/mol. The molecule has 3 N–H and O–H groups in total. The highest BCUT2D eigenvalue weighted by atomic mass is 31.2. The second kappa shape index (κ2) is 40.9. The van der Waals surface area contributed by atoms with Gasteiger partial charge in [-0.2, -0.15) is 0 Å². The molecule has 0 spiro atoms. The number of carbonyl (C=O) groups excluding carboxylic acids is 2. The van der Waals surface area contributed by atoms with Gasteiger partial charge in [0.25, 0.3) is 0 Å². The van der Waals surface area contributed by atoms with E-state index >= 15 is 0 Å². The van der Waals surface area contributed by atoms with Crippen LogP contribution in [0.1, 0.15) is 219 Å². The van der Waals surface area contributed by atoms with Crippen LogP contribution >= 0.6 is 7.82 Å². The van der Waals surface area contributed by atoms with E-state index < -0.39 is 51.8 Å². The van der Waals surface area contributed by atoms with E-state index in [1.165, 1.54) is 122 Å². The molecule has 11 heteroatoms. The molecule has 1 unspecified atom stereocenters. The van der Waals surface area contributed by atoms with Crippen molar-refractivity contribution in [3.8, 4) is 0 Å². The summed E-state index contributed by atoms with van der Waals surface area (Å²) in [4.78, 5) is 35.0.